The second kappa shape index (κ2) is 9.86. The highest BCUT2D eigenvalue weighted by atomic mass is 35.5. The molecule has 1 unspecified atom stereocenters. The molecule has 38 heavy (non-hydrogen) atoms. The number of nitrogens with one attached hydrogen (secondary N) is 1. The van der Waals surface area contributed by atoms with Gasteiger partial charge in [0.15, 0.2) is 6.20 Å². The van der Waals surface area contributed by atoms with Crippen molar-refractivity contribution in [3.63, 3.8) is 0 Å². The summed E-state index contributed by atoms with van der Waals surface area (Å²) in [4.78, 5) is 25.4. The van der Waals surface area contributed by atoms with Gasteiger partial charge in [0.2, 0.25) is 11.6 Å². The van der Waals surface area contributed by atoms with E-state index in [0.717, 1.165) is 10.3 Å². The number of aryl methyl sites for hydroxylation is 1. The largest absolute Gasteiger partial charge is 0.618 e. The minimum Gasteiger partial charge on any atom is -0.618 e. The van der Waals surface area contributed by atoms with Crippen molar-refractivity contribution in [3.8, 4) is 16.8 Å². The first-order valence-electron chi connectivity index (χ1n) is 12.0. The Balaban J connectivity index is 1.37. The number of carbonyl (C=O) groups excluding carboxylic acids is 2. The summed E-state index contributed by atoms with van der Waals surface area (Å²) in [5, 5.41) is 27.9. The number of hydrogen-bond acceptors (Lipinski definition) is 7. The van der Waals surface area contributed by atoms with E-state index in [4.69, 9.17) is 16.3 Å². The summed E-state index contributed by atoms with van der Waals surface area (Å²) in [5.74, 6) is -1.34. The van der Waals surface area contributed by atoms with Gasteiger partial charge in [-0.1, -0.05) is 11.6 Å². The molecule has 5 rings (SSSR count). The third-order valence-electron chi connectivity index (χ3n) is 6.15. The normalized spacial score (nSPS) is 14.7. The molecule has 2 aromatic carbocycles. The number of anilines is 1. The Bertz CT molecular complexity index is 1510. The average molecular weight is 533 g/mol. The summed E-state index contributed by atoms with van der Waals surface area (Å²) in [5.41, 5.74) is 3.52. The number of aromatic nitrogens is 5. The van der Waals surface area contributed by atoms with E-state index in [1.807, 2.05) is 6.07 Å². The molecule has 0 saturated carbocycles. The first kappa shape index (κ1) is 25.3. The molecule has 1 atom stereocenters. The number of halogens is 1. The molecule has 1 N–H and O–H groups in total. The molecule has 0 fully saturated rings. The van der Waals surface area contributed by atoms with Crippen LogP contribution in [0.2, 0.25) is 5.02 Å². The minimum absolute atomic E-state index is 0.289. The fraction of sp³-hybridized carbons (Fsp3) is 0.259. The van der Waals surface area contributed by atoms with Gasteiger partial charge < -0.3 is 15.3 Å². The van der Waals surface area contributed by atoms with Crippen molar-refractivity contribution < 1.29 is 19.1 Å². The summed E-state index contributed by atoms with van der Waals surface area (Å²) in [6.07, 6.45) is 3.98. The number of rotatable bonds is 5. The zero-order chi connectivity index (χ0) is 27.0. The van der Waals surface area contributed by atoms with Crippen molar-refractivity contribution in [1.82, 2.24) is 20.2 Å². The topological polar surface area (TPSA) is 126 Å². The number of ether oxygens (including phenoxy) is 1. The number of carbonyl (C=O) groups is 2. The summed E-state index contributed by atoms with van der Waals surface area (Å²) >= 11 is 6.26. The van der Waals surface area contributed by atoms with E-state index >= 15 is 0 Å². The minimum atomic E-state index is -0.611. The number of nitrogens with zero attached hydrogens (tertiary/aromatic N) is 5. The van der Waals surface area contributed by atoms with Gasteiger partial charge in [0.25, 0.3) is 0 Å². The molecule has 0 saturated heterocycles. The van der Waals surface area contributed by atoms with E-state index in [-0.39, 0.29) is 5.91 Å². The standard InChI is InChI=1S/C27H25ClN6O4/c1-27(2,3)38-26(36)16-4-8-20(9-5-16)30-25(35)21-10-6-17-12-18(14-34(37)24(17)21)22-13-19(28)7-11-23(22)33-15-29-31-32-33/h4-5,7-9,11-15,21H,6,10H2,1-3H3,(H,30,35). The molecule has 4 aromatic rings. The number of benzene rings is 2. The lowest BCUT2D eigenvalue weighted by molar-refractivity contribution is -0.613. The van der Waals surface area contributed by atoms with Gasteiger partial charge in [0, 0.05) is 27.4 Å². The SMILES string of the molecule is CC(C)(C)OC(=O)c1ccc(NC(=O)C2CCc3cc(-c4cc(Cl)ccc4-n4cnnn4)c[n+]([O-])c32)cc1. The number of fused-ring (bicyclic) bond motifs is 1. The van der Waals surface area contributed by atoms with E-state index in [2.05, 4.69) is 20.8 Å². The highest BCUT2D eigenvalue weighted by Gasteiger charge is 2.37. The quantitative estimate of drug-likeness (QED) is 0.231. The fourth-order valence-electron chi connectivity index (χ4n) is 4.52. The second-order valence-corrected chi connectivity index (χ2v) is 10.5. The lowest BCUT2D eigenvalue weighted by Gasteiger charge is -2.19. The maximum atomic E-state index is 13.2. The zero-order valence-electron chi connectivity index (χ0n) is 21.0. The second-order valence-electron chi connectivity index (χ2n) is 10.0. The van der Waals surface area contributed by atoms with Crippen molar-refractivity contribution in [2.75, 3.05) is 5.32 Å². The van der Waals surface area contributed by atoms with Crippen molar-refractivity contribution >= 4 is 29.2 Å². The summed E-state index contributed by atoms with van der Waals surface area (Å²) in [6.45, 7) is 5.39. The van der Waals surface area contributed by atoms with Crippen LogP contribution in [0.1, 0.15) is 54.7 Å². The lowest BCUT2D eigenvalue weighted by Crippen LogP contribution is -2.36. The van der Waals surface area contributed by atoms with Crippen molar-refractivity contribution in [2.45, 2.75) is 45.1 Å². The molecule has 10 nitrogen and oxygen atoms in total. The Labute approximate surface area is 223 Å². The maximum absolute atomic E-state index is 13.2. The summed E-state index contributed by atoms with van der Waals surface area (Å²) < 4.78 is 7.63. The third-order valence-corrected chi connectivity index (χ3v) is 6.39. The number of pyridine rings is 1. The summed E-state index contributed by atoms with van der Waals surface area (Å²) in [6, 6.07) is 13.6. The van der Waals surface area contributed by atoms with E-state index in [1.54, 1.807) is 63.2 Å². The van der Waals surface area contributed by atoms with Crippen molar-refractivity contribution in [1.29, 1.82) is 0 Å². The van der Waals surface area contributed by atoms with E-state index in [0.29, 0.717) is 51.6 Å². The van der Waals surface area contributed by atoms with Gasteiger partial charge in [-0.05, 0) is 92.6 Å². The number of hydrogen-bond donors (Lipinski definition) is 1. The highest BCUT2D eigenvalue weighted by molar-refractivity contribution is 6.31. The van der Waals surface area contributed by atoms with Crippen LogP contribution < -0.4 is 10.0 Å². The molecule has 0 bridgehead atoms. The molecule has 0 radical (unpaired) electrons. The maximum Gasteiger partial charge on any atom is 0.338 e. The monoisotopic (exact) mass is 532 g/mol. The van der Waals surface area contributed by atoms with E-state index < -0.39 is 17.5 Å². The van der Waals surface area contributed by atoms with Gasteiger partial charge in [-0.3, -0.25) is 4.79 Å². The molecule has 0 spiro atoms. The van der Waals surface area contributed by atoms with Crippen molar-refractivity contribution in [2.24, 2.45) is 0 Å². The third kappa shape index (κ3) is 5.21. The predicted molar refractivity (Wildman–Crippen MR) is 140 cm³/mol. The molecular formula is C27H25ClN6O4. The van der Waals surface area contributed by atoms with Gasteiger partial charge in [0.05, 0.1) is 11.3 Å². The zero-order valence-corrected chi connectivity index (χ0v) is 21.8. The van der Waals surface area contributed by atoms with Crippen LogP contribution >= 0.6 is 11.6 Å². The van der Waals surface area contributed by atoms with Crippen LogP contribution in [-0.2, 0) is 16.0 Å². The van der Waals surface area contributed by atoms with Gasteiger partial charge in [-0.25, -0.2) is 4.79 Å². The molecular weight excluding hydrogens is 508 g/mol. The molecule has 194 valence electrons. The Morgan fingerprint density at radius 2 is 1.92 bits per heavy atom. The lowest BCUT2D eigenvalue weighted by atomic mass is 10.0. The van der Waals surface area contributed by atoms with Gasteiger partial charge in [0.1, 0.15) is 17.8 Å². The van der Waals surface area contributed by atoms with E-state index in [9.17, 15) is 14.8 Å². The van der Waals surface area contributed by atoms with Crippen LogP contribution in [0.25, 0.3) is 16.8 Å². The van der Waals surface area contributed by atoms with Crippen LogP contribution in [0.5, 0.6) is 0 Å². The van der Waals surface area contributed by atoms with Crippen LogP contribution in [0.4, 0.5) is 5.69 Å². The number of tetrazole rings is 1. The van der Waals surface area contributed by atoms with Crippen LogP contribution in [0.15, 0.2) is 61.1 Å². The Hall–Kier alpha value is -4.31. The molecule has 2 aromatic heterocycles. The van der Waals surface area contributed by atoms with E-state index in [1.165, 1.54) is 17.2 Å². The molecule has 11 heteroatoms. The number of amides is 1. The molecule has 0 aliphatic heterocycles. The van der Waals surface area contributed by atoms with Gasteiger partial charge in [-0.15, -0.1) is 5.10 Å². The predicted octanol–water partition coefficient (Wildman–Crippen LogP) is 4.24. The van der Waals surface area contributed by atoms with Crippen LogP contribution in [0.3, 0.4) is 0 Å². The first-order valence-corrected chi connectivity index (χ1v) is 12.4. The first-order chi connectivity index (χ1) is 18.1. The molecule has 1 aliphatic carbocycles. The van der Waals surface area contributed by atoms with Crippen molar-refractivity contribution in [3.05, 3.63) is 88.1 Å². The van der Waals surface area contributed by atoms with Crippen LogP contribution in [-0.4, -0.2) is 37.7 Å². The fourth-order valence-corrected chi connectivity index (χ4v) is 4.69. The Morgan fingerprint density at radius 3 is 2.61 bits per heavy atom. The van der Waals surface area contributed by atoms with Crippen LogP contribution in [0, 0.1) is 5.21 Å². The van der Waals surface area contributed by atoms with Gasteiger partial charge >= 0.3 is 5.97 Å². The molecule has 1 amide bonds. The Morgan fingerprint density at radius 1 is 1.16 bits per heavy atom. The smallest absolute Gasteiger partial charge is 0.338 e. The highest BCUT2D eigenvalue weighted by Crippen LogP contribution is 2.36. The number of esters is 1. The summed E-state index contributed by atoms with van der Waals surface area (Å²) in [7, 11) is 0. The van der Waals surface area contributed by atoms with Gasteiger partial charge in [-0.2, -0.15) is 9.41 Å². The molecule has 1 aliphatic rings. The molecule has 2 heterocycles. The Kier molecular flexibility index (Phi) is 6.58. The average Bonchev–Trinajstić information content (AvgIpc) is 3.54.